The molecule has 0 aliphatic heterocycles. The van der Waals surface area contributed by atoms with Crippen LogP contribution in [-0.4, -0.2) is 9.97 Å². The number of pyridine rings is 2. The molecule has 0 saturated carbocycles. The molecule has 0 bridgehead atoms. The van der Waals surface area contributed by atoms with Crippen LogP contribution in [-0.2, 0) is 6.54 Å². The third-order valence-corrected chi connectivity index (χ3v) is 3.67. The topological polar surface area (TPSA) is 37.8 Å². The monoisotopic (exact) mass is 291 g/mol. The Balaban J connectivity index is 2.13. The van der Waals surface area contributed by atoms with Gasteiger partial charge in [-0.25, -0.2) is 4.98 Å². The fraction of sp³-hybridized carbons (Fsp3) is 0.231. The van der Waals surface area contributed by atoms with Crippen molar-refractivity contribution in [2.75, 3.05) is 5.32 Å². The van der Waals surface area contributed by atoms with Crippen molar-refractivity contribution < 1.29 is 0 Å². The summed E-state index contributed by atoms with van der Waals surface area (Å²) in [4.78, 5) is 8.39. The van der Waals surface area contributed by atoms with E-state index in [4.69, 9.17) is 0 Å². The minimum Gasteiger partial charge on any atom is -0.365 e. The molecule has 4 heteroatoms. The molecule has 0 unspecified atom stereocenters. The lowest BCUT2D eigenvalue weighted by molar-refractivity contribution is 1.06. The van der Waals surface area contributed by atoms with E-state index in [1.165, 1.54) is 16.7 Å². The first-order chi connectivity index (χ1) is 8.18. The molecule has 3 nitrogen and oxygen atoms in total. The highest BCUT2D eigenvalue weighted by molar-refractivity contribution is 9.10. The smallest absolute Gasteiger partial charge is 0.140 e. The van der Waals surface area contributed by atoms with Gasteiger partial charge >= 0.3 is 0 Å². The molecular weight excluding hydrogens is 278 g/mol. The molecule has 0 amide bonds. The normalized spacial score (nSPS) is 10.3. The molecule has 0 saturated heterocycles. The third kappa shape index (κ3) is 2.82. The Morgan fingerprint density at radius 1 is 1.18 bits per heavy atom. The summed E-state index contributed by atoms with van der Waals surface area (Å²) in [5.41, 5.74) is 3.59. The van der Waals surface area contributed by atoms with Gasteiger partial charge in [-0.15, -0.1) is 0 Å². The average Bonchev–Trinajstić information content (AvgIpc) is 2.33. The second-order valence-corrected chi connectivity index (χ2v) is 4.74. The Kier molecular flexibility index (Phi) is 3.74. The van der Waals surface area contributed by atoms with Gasteiger partial charge in [0.1, 0.15) is 5.82 Å². The number of nitrogens with one attached hydrogen (secondary N) is 1. The molecular formula is C13H14BrN3. The van der Waals surface area contributed by atoms with E-state index >= 15 is 0 Å². The highest BCUT2D eigenvalue weighted by atomic mass is 79.9. The van der Waals surface area contributed by atoms with E-state index in [0.717, 1.165) is 16.8 Å². The summed E-state index contributed by atoms with van der Waals surface area (Å²) in [5, 5.41) is 3.33. The molecule has 0 aliphatic carbocycles. The fourth-order valence-electron chi connectivity index (χ4n) is 1.54. The average molecular weight is 292 g/mol. The van der Waals surface area contributed by atoms with Crippen molar-refractivity contribution in [1.29, 1.82) is 0 Å². The van der Waals surface area contributed by atoms with Crippen molar-refractivity contribution in [2.24, 2.45) is 0 Å². The fourth-order valence-corrected chi connectivity index (χ4v) is 1.92. The Morgan fingerprint density at radius 3 is 2.76 bits per heavy atom. The SMILES string of the molecule is Cc1cnccc1CNc1nccc(C)c1Br. The maximum Gasteiger partial charge on any atom is 0.140 e. The predicted octanol–water partition coefficient (Wildman–Crippen LogP) is 3.47. The van der Waals surface area contributed by atoms with E-state index in [-0.39, 0.29) is 0 Å². The van der Waals surface area contributed by atoms with Gasteiger partial charge in [0.25, 0.3) is 0 Å². The van der Waals surface area contributed by atoms with E-state index in [1.807, 2.05) is 30.7 Å². The van der Waals surface area contributed by atoms with Crippen molar-refractivity contribution in [3.63, 3.8) is 0 Å². The minimum absolute atomic E-state index is 0.753. The Morgan fingerprint density at radius 2 is 2.00 bits per heavy atom. The number of rotatable bonds is 3. The van der Waals surface area contributed by atoms with Crippen LogP contribution in [0.5, 0.6) is 0 Å². The van der Waals surface area contributed by atoms with Crippen LogP contribution < -0.4 is 5.32 Å². The van der Waals surface area contributed by atoms with Gasteiger partial charge in [-0.2, -0.15) is 0 Å². The minimum atomic E-state index is 0.753. The van der Waals surface area contributed by atoms with Gasteiger partial charge < -0.3 is 5.32 Å². The number of nitrogens with zero attached hydrogens (tertiary/aromatic N) is 2. The van der Waals surface area contributed by atoms with Crippen LogP contribution >= 0.6 is 15.9 Å². The zero-order chi connectivity index (χ0) is 12.3. The van der Waals surface area contributed by atoms with Crippen LogP contribution in [0.3, 0.4) is 0 Å². The van der Waals surface area contributed by atoms with Gasteiger partial charge in [-0.05, 0) is 58.6 Å². The van der Waals surface area contributed by atoms with Crippen molar-refractivity contribution in [2.45, 2.75) is 20.4 Å². The third-order valence-electron chi connectivity index (χ3n) is 2.67. The zero-order valence-corrected chi connectivity index (χ0v) is 11.5. The van der Waals surface area contributed by atoms with Crippen molar-refractivity contribution >= 4 is 21.7 Å². The van der Waals surface area contributed by atoms with Gasteiger partial charge in [0.15, 0.2) is 0 Å². The number of aromatic nitrogens is 2. The summed E-state index contributed by atoms with van der Waals surface area (Å²) in [7, 11) is 0. The molecule has 2 aromatic heterocycles. The van der Waals surface area contributed by atoms with E-state index in [2.05, 4.69) is 45.1 Å². The number of aryl methyl sites for hydroxylation is 2. The van der Waals surface area contributed by atoms with Gasteiger partial charge in [-0.3, -0.25) is 4.98 Å². The molecule has 0 aromatic carbocycles. The van der Waals surface area contributed by atoms with Crippen LogP contribution in [0, 0.1) is 13.8 Å². The second-order valence-electron chi connectivity index (χ2n) is 3.95. The first-order valence-electron chi connectivity index (χ1n) is 5.43. The number of hydrogen-bond donors (Lipinski definition) is 1. The molecule has 2 rings (SSSR count). The van der Waals surface area contributed by atoms with Gasteiger partial charge in [0, 0.05) is 25.1 Å². The van der Waals surface area contributed by atoms with Crippen LogP contribution in [0.2, 0.25) is 0 Å². The van der Waals surface area contributed by atoms with Crippen LogP contribution in [0.1, 0.15) is 16.7 Å². The number of anilines is 1. The Bertz CT molecular complexity index is 526. The summed E-state index contributed by atoms with van der Waals surface area (Å²) < 4.78 is 1.02. The molecule has 0 atom stereocenters. The molecule has 2 heterocycles. The molecule has 0 fully saturated rings. The van der Waals surface area contributed by atoms with E-state index in [0.29, 0.717) is 0 Å². The highest BCUT2D eigenvalue weighted by Crippen LogP contribution is 2.23. The Hall–Kier alpha value is -1.42. The molecule has 17 heavy (non-hydrogen) atoms. The maximum atomic E-state index is 4.31. The lowest BCUT2D eigenvalue weighted by Crippen LogP contribution is -2.04. The lowest BCUT2D eigenvalue weighted by Gasteiger charge is -2.10. The van der Waals surface area contributed by atoms with Crippen LogP contribution in [0.15, 0.2) is 35.2 Å². The van der Waals surface area contributed by atoms with Crippen LogP contribution in [0.25, 0.3) is 0 Å². The zero-order valence-electron chi connectivity index (χ0n) is 9.87. The molecule has 2 aromatic rings. The summed E-state index contributed by atoms with van der Waals surface area (Å²) >= 11 is 3.53. The molecule has 88 valence electrons. The number of halogens is 1. The van der Waals surface area contributed by atoms with Crippen molar-refractivity contribution in [1.82, 2.24) is 9.97 Å². The molecule has 0 radical (unpaired) electrons. The predicted molar refractivity (Wildman–Crippen MR) is 73.0 cm³/mol. The summed E-state index contributed by atoms with van der Waals surface area (Å²) in [6, 6.07) is 4.00. The van der Waals surface area contributed by atoms with Crippen molar-refractivity contribution in [3.05, 3.63) is 51.9 Å². The summed E-state index contributed by atoms with van der Waals surface area (Å²) in [6.07, 6.45) is 5.49. The lowest BCUT2D eigenvalue weighted by atomic mass is 10.1. The molecule has 0 aliphatic rings. The van der Waals surface area contributed by atoms with E-state index in [1.54, 1.807) is 0 Å². The molecule has 0 spiro atoms. The van der Waals surface area contributed by atoms with Gasteiger partial charge in [0.05, 0.1) is 4.47 Å². The molecule has 1 N–H and O–H groups in total. The van der Waals surface area contributed by atoms with Crippen LogP contribution in [0.4, 0.5) is 5.82 Å². The summed E-state index contributed by atoms with van der Waals surface area (Å²) in [5.74, 6) is 0.876. The quantitative estimate of drug-likeness (QED) is 0.941. The first kappa shape index (κ1) is 12.0. The highest BCUT2D eigenvalue weighted by Gasteiger charge is 2.04. The Labute approximate surface area is 109 Å². The van der Waals surface area contributed by atoms with Crippen molar-refractivity contribution in [3.8, 4) is 0 Å². The maximum absolute atomic E-state index is 4.31. The van der Waals surface area contributed by atoms with E-state index in [9.17, 15) is 0 Å². The summed E-state index contributed by atoms with van der Waals surface area (Å²) in [6.45, 7) is 4.86. The van der Waals surface area contributed by atoms with E-state index < -0.39 is 0 Å². The van der Waals surface area contributed by atoms with Gasteiger partial charge in [-0.1, -0.05) is 0 Å². The second kappa shape index (κ2) is 5.27. The standard InChI is InChI=1S/C13H14BrN3/c1-9-3-6-16-13(12(9)14)17-8-11-4-5-15-7-10(11)2/h3-7H,8H2,1-2H3,(H,16,17). The number of hydrogen-bond acceptors (Lipinski definition) is 3. The largest absolute Gasteiger partial charge is 0.365 e. The van der Waals surface area contributed by atoms with Gasteiger partial charge in [0.2, 0.25) is 0 Å². The first-order valence-corrected chi connectivity index (χ1v) is 6.22.